The summed E-state index contributed by atoms with van der Waals surface area (Å²) in [5.74, 6) is 0. The molecule has 1 aromatic heterocycles. The van der Waals surface area contributed by atoms with Crippen molar-refractivity contribution in [2.24, 2.45) is 0 Å². The van der Waals surface area contributed by atoms with Gasteiger partial charge in [0.2, 0.25) is 0 Å². The van der Waals surface area contributed by atoms with E-state index in [0.29, 0.717) is 0 Å². The van der Waals surface area contributed by atoms with E-state index in [-0.39, 0.29) is 6.61 Å². The van der Waals surface area contributed by atoms with Crippen LogP contribution in [0.2, 0.25) is 0 Å². The number of pyridine rings is 1. The van der Waals surface area contributed by atoms with Crippen LogP contribution >= 0.6 is 0 Å². The Morgan fingerprint density at radius 2 is 2.07 bits per heavy atom. The van der Waals surface area contributed by atoms with E-state index in [4.69, 9.17) is 5.11 Å². The first-order chi connectivity index (χ1) is 6.72. The van der Waals surface area contributed by atoms with Crippen LogP contribution in [0.3, 0.4) is 0 Å². The van der Waals surface area contributed by atoms with Crippen LogP contribution in [-0.2, 0) is 6.61 Å². The first-order valence-corrected chi connectivity index (χ1v) is 4.69. The van der Waals surface area contributed by atoms with Crippen LogP contribution in [0.1, 0.15) is 16.8 Å². The minimum Gasteiger partial charge on any atom is -0.392 e. The minimum atomic E-state index is 0.0586. The van der Waals surface area contributed by atoms with Crippen molar-refractivity contribution in [1.29, 1.82) is 0 Å². The quantitative estimate of drug-likeness (QED) is 0.743. The molecule has 2 nitrogen and oxygen atoms in total. The number of nitrogens with zero attached hydrogens (tertiary/aromatic N) is 1. The lowest BCUT2D eigenvalue weighted by molar-refractivity contribution is 0.280. The van der Waals surface area contributed by atoms with Crippen molar-refractivity contribution >= 4 is 10.9 Å². The average Bonchev–Trinajstić information content (AvgIpc) is 2.17. The second-order valence-electron chi connectivity index (χ2n) is 3.53. The standard InChI is InChI=1S/C12H13NO/c1-8-4-3-5-12-11(8)6-10(7-14)9(2)13-12/h3-6,14H,7H2,1-2H3. The second-order valence-corrected chi connectivity index (χ2v) is 3.53. The molecule has 0 spiro atoms. The van der Waals surface area contributed by atoms with Crippen LogP contribution in [0.4, 0.5) is 0 Å². The molecule has 1 aromatic carbocycles. The summed E-state index contributed by atoms with van der Waals surface area (Å²) in [5.41, 5.74) is 4.02. The molecule has 0 saturated carbocycles. The molecule has 0 aliphatic heterocycles. The van der Waals surface area contributed by atoms with Crippen LogP contribution in [0.15, 0.2) is 24.3 Å². The van der Waals surface area contributed by atoms with Crippen molar-refractivity contribution in [3.63, 3.8) is 0 Å². The molecular formula is C12H13NO. The Morgan fingerprint density at radius 3 is 2.79 bits per heavy atom. The lowest BCUT2D eigenvalue weighted by atomic mass is 10.1. The Morgan fingerprint density at radius 1 is 1.29 bits per heavy atom. The molecule has 1 N–H and O–H groups in total. The largest absolute Gasteiger partial charge is 0.392 e. The number of aromatic nitrogens is 1. The van der Waals surface area contributed by atoms with Crippen molar-refractivity contribution in [1.82, 2.24) is 4.98 Å². The number of hydrogen-bond donors (Lipinski definition) is 1. The topological polar surface area (TPSA) is 33.1 Å². The molecule has 0 amide bonds. The van der Waals surface area contributed by atoms with E-state index in [9.17, 15) is 0 Å². The first-order valence-electron chi connectivity index (χ1n) is 4.69. The minimum absolute atomic E-state index is 0.0586. The molecule has 0 radical (unpaired) electrons. The molecule has 0 saturated heterocycles. The van der Waals surface area contributed by atoms with E-state index in [1.807, 2.05) is 25.1 Å². The van der Waals surface area contributed by atoms with Crippen LogP contribution in [0.5, 0.6) is 0 Å². The third kappa shape index (κ3) is 1.38. The van der Waals surface area contributed by atoms with Gasteiger partial charge >= 0.3 is 0 Å². The van der Waals surface area contributed by atoms with E-state index < -0.39 is 0 Å². The number of benzene rings is 1. The highest BCUT2D eigenvalue weighted by molar-refractivity contribution is 5.82. The van der Waals surface area contributed by atoms with Crippen molar-refractivity contribution in [3.8, 4) is 0 Å². The molecule has 0 aliphatic rings. The number of rotatable bonds is 1. The number of aliphatic hydroxyl groups excluding tert-OH is 1. The van der Waals surface area contributed by atoms with Crippen molar-refractivity contribution in [2.45, 2.75) is 20.5 Å². The van der Waals surface area contributed by atoms with Crippen LogP contribution in [0, 0.1) is 13.8 Å². The van der Waals surface area contributed by atoms with Gasteiger partial charge in [0.15, 0.2) is 0 Å². The summed E-state index contributed by atoms with van der Waals surface area (Å²) < 4.78 is 0. The SMILES string of the molecule is Cc1nc2cccc(C)c2cc1CO. The normalized spacial score (nSPS) is 10.8. The Kier molecular flexibility index (Phi) is 2.22. The third-order valence-electron chi connectivity index (χ3n) is 2.54. The smallest absolute Gasteiger partial charge is 0.0708 e. The fourth-order valence-corrected chi connectivity index (χ4v) is 1.64. The van der Waals surface area contributed by atoms with Crippen LogP contribution in [0.25, 0.3) is 10.9 Å². The Bertz CT molecular complexity index is 477. The highest BCUT2D eigenvalue weighted by Gasteiger charge is 2.03. The summed E-state index contributed by atoms with van der Waals surface area (Å²) in [4.78, 5) is 4.45. The van der Waals surface area contributed by atoms with Gasteiger partial charge in [-0.3, -0.25) is 4.98 Å². The van der Waals surface area contributed by atoms with Gasteiger partial charge in [-0.15, -0.1) is 0 Å². The maximum atomic E-state index is 9.13. The lowest BCUT2D eigenvalue weighted by Crippen LogP contribution is -1.94. The van der Waals surface area contributed by atoms with Gasteiger partial charge in [0, 0.05) is 11.1 Å². The molecule has 2 heteroatoms. The van der Waals surface area contributed by atoms with E-state index in [1.54, 1.807) is 0 Å². The zero-order valence-electron chi connectivity index (χ0n) is 8.41. The average molecular weight is 187 g/mol. The molecule has 0 fully saturated rings. The Hall–Kier alpha value is -1.41. The maximum absolute atomic E-state index is 9.13. The fourth-order valence-electron chi connectivity index (χ4n) is 1.64. The predicted octanol–water partition coefficient (Wildman–Crippen LogP) is 2.34. The Labute approximate surface area is 83.2 Å². The lowest BCUT2D eigenvalue weighted by Gasteiger charge is -2.06. The summed E-state index contributed by atoms with van der Waals surface area (Å²) >= 11 is 0. The van der Waals surface area contributed by atoms with E-state index in [1.165, 1.54) is 5.56 Å². The molecule has 0 unspecified atom stereocenters. The number of fused-ring (bicyclic) bond motifs is 1. The van der Waals surface area contributed by atoms with Gasteiger partial charge < -0.3 is 5.11 Å². The molecule has 2 aromatic rings. The van der Waals surface area contributed by atoms with Crippen molar-refractivity contribution < 1.29 is 5.11 Å². The second kappa shape index (κ2) is 3.39. The van der Waals surface area contributed by atoms with Gasteiger partial charge in [0.25, 0.3) is 0 Å². The van der Waals surface area contributed by atoms with Gasteiger partial charge in [0.1, 0.15) is 0 Å². The van der Waals surface area contributed by atoms with Crippen LogP contribution in [-0.4, -0.2) is 10.1 Å². The molecule has 72 valence electrons. The molecule has 14 heavy (non-hydrogen) atoms. The molecule has 0 bridgehead atoms. The summed E-state index contributed by atoms with van der Waals surface area (Å²) in [5, 5.41) is 10.3. The summed E-state index contributed by atoms with van der Waals surface area (Å²) in [7, 11) is 0. The maximum Gasteiger partial charge on any atom is 0.0708 e. The van der Waals surface area contributed by atoms with Gasteiger partial charge in [0.05, 0.1) is 12.1 Å². The zero-order chi connectivity index (χ0) is 10.1. The summed E-state index contributed by atoms with van der Waals surface area (Å²) in [6.07, 6.45) is 0. The highest BCUT2D eigenvalue weighted by Crippen LogP contribution is 2.19. The fraction of sp³-hybridized carbons (Fsp3) is 0.250. The highest BCUT2D eigenvalue weighted by atomic mass is 16.3. The predicted molar refractivity (Wildman–Crippen MR) is 57.1 cm³/mol. The van der Waals surface area contributed by atoms with E-state index in [0.717, 1.165) is 22.2 Å². The van der Waals surface area contributed by atoms with E-state index >= 15 is 0 Å². The molecule has 0 atom stereocenters. The third-order valence-corrected chi connectivity index (χ3v) is 2.54. The summed E-state index contributed by atoms with van der Waals surface area (Å²) in [6, 6.07) is 8.08. The molecule has 0 aliphatic carbocycles. The number of aliphatic hydroxyl groups is 1. The first kappa shape index (κ1) is 9.16. The summed E-state index contributed by atoms with van der Waals surface area (Å²) in [6.45, 7) is 4.04. The Balaban J connectivity index is 2.80. The van der Waals surface area contributed by atoms with Gasteiger partial charge in [-0.1, -0.05) is 12.1 Å². The van der Waals surface area contributed by atoms with E-state index in [2.05, 4.69) is 18.0 Å². The van der Waals surface area contributed by atoms with Gasteiger partial charge in [-0.05, 0) is 37.1 Å². The zero-order valence-corrected chi connectivity index (χ0v) is 8.41. The van der Waals surface area contributed by atoms with Crippen LogP contribution < -0.4 is 0 Å². The number of aryl methyl sites for hydroxylation is 2. The van der Waals surface area contributed by atoms with Crippen molar-refractivity contribution in [2.75, 3.05) is 0 Å². The van der Waals surface area contributed by atoms with Gasteiger partial charge in [-0.25, -0.2) is 0 Å². The molecule has 1 heterocycles. The van der Waals surface area contributed by atoms with Crippen molar-refractivity contribution in [3.05, 3.63) is 41.1 Å². The van der Waals surface area contributed by atoms with Gasteiger partial charge in [-0.2, -0.15) is 0 Å². The molecule has 2 rings (SSSR count). The number of hydrogen-bond acceptors (Lipinski definition) is 2. The monoisotopic (exact) mass is 187 g/mol. The molecular weight excluding hydrogens is 174 g/mol.